The number of halogens is 1. The van der Waals surface area contributed by atoms with Gasteiger partial charge in [-0.25, -0.2) is 4.98 Å². The zero-order valence-electron chi connectivity index (χ0n) is 9.64. The van der Waals surface area contributed by atoms with Crippen LogP contribution in [-0.2, 0) is 13.0 Å². The largest absolute Gasteiger partial charge is 0.453 e. The monoisotopic (exact) mass is 298 g/mol. The molecule has 2 heterocycles. The fourth-order valence-corrected chi connectivity index (χ4v) is 1.99. The number of furan rings is 1. The lowest BCUT2D eigenvalue weighted by molar-refractivity contribution is 0.437. The van der Waals surface area contributed by atoms with E-state index in [4.69, 9.17) is 10.2 Å². The van der Waals surface area contributed by atoms with Crippen LogP contribution in [0.2, 0.25) is 0 Å². The lowest BCUT2D eigenvalue weighted by Gasteiger charge is -2.09. The molecule has 1 atom stereocenters. The summed E-state index contributed by atoms with van der Waals surface area (Å²) in [6.07, 6.45) is 3.22. The van der Waals surface area contributed by atoms with Crippen LogP contribution in [0.5, 0.6) is 0 Å². The van der Waals surface area contributed by atoms with E-state index in [9.17, 15) is 0 Å². The lowest BCUT2D eigenvalue weighted by atomic mass is 10.1. The molecule has 0 aliphatic heterocycles. The van der Waals surface area contributed by atoms with Crippen LogP contribution in [0.4, 0.5) is 0 Å². The Kier molecular flexibility index (Phi) is 3.96. The Bertz CT molecular complexity index is 479. The minimum atomic E-state index is -0.193. The number of rotatable bonds is 5. The minimum absolute atomic E-state index is 0.193. The molecule has 6 heteroatoms. The van der Waals surface area contributed by atoms with Crippen LogP contribution in [0.15, 0.2) is 27.5 Å². The molecule has 2 rings (SSSR count). The van der Waals surface area contributed by atoms with Crippen LogP contribution in [0, 0.1) is 0 Å². The molecule has 1 unspecified atom stereocenters. The van der Waals surface area contributed by atoms with Gasteiger partial charge in [0, 0.05) is 13.0 Å². The van der Waals surface area contributed by atoms with Gasteiger partial charge >= 0.3 is 0 Å². The van der Waals surface area contributed by atoms with Crippen molar-refractivity contribution in [2.24, 2.45) is 5.73 Å². The molecule has 0 saturated heterocycles. The quantitative estimate of drug-likeness (QED) is 0.919. The van der Waals surface area contributed by atoms with Crippen molar-refractivity contribution in [3.63, 3.8) is 0 Å². The van der Waals surface area contributed by atoms with Gasteiger partial charge in [-0.3, -0.25) is 4.68 Å². The van der Waals surface area contributed by atoms with Gasteiger partial charge in [0.1, 0.15) is 17.9 Å². The highest BCUT2D eigenvalue weighted by Gasteiger charge is 2.14. The maximum absolute atomic E-state index is 6.07. The summed E-state index contributed by atoms with van der Waals surface area (Å²) in [4.78, 5) is 4.23. The SMILES string of the molecule is CCCn1ncnc1CC(N)c1ccc(Br)o1. The predicted octanol–water partition coefficient (Wildman–Crippen LogP) is 2.29. The maximum Gasteiger partial charge on any atom is 0.169 e. The number of nitrogens with zero attached hydrogens (tertiary/aromatic N) is 3. The van der Waals surface area contributed by atoms with Gasteiger partial charge in [-0.2, -0.15) is 5.10 Å². The van der Waals surface area contributed by atoms with E-state index in [0.29, 0.717) is 11.1 Å². The number of hydrogen-bond donors (Lipinski definition) is 1. The van der Waals surface area contributed by atoms with Crippen molar-refractivity contribution in [2.45, 2.75) is 32.4 Å². The Morgan fingerprint density at radius 2 is 2.35 bits per heavy atom. The number of aromatic nitrogens is 3. The third-order valence-electron chi connectivity index (χ3n) is 2.49. The van der Waals surface area contributed by atoms with Crippen molar-refractivity contribution in [2.75, 3.05) is 0 Å². The van der Waals surface area contributed by atoms with E-state index >= 15 is 0 Å². The van der Waals surface area contributed by atoms with E-state index < -0.39 is 0 Å². The van der Waals surface area contributed by atoms with Gasteiger partial charge in [0.15, 0.2) is 4.67 Å². The van der Waals surface area contributed by atoms with Gasteiger partial charge in [0.2, 0.25) is 0 Å². The smallest absolute Gasteiger partial charge is 0.169 e. The molecule has 92 valence electrons. The first-order valence-corrected chi connectivity index (χ1v) is 6.37. The van der Waals surface area contributed by atoms with Crippen molar-refractivity contribution in [1.82, 2.24) is 14.8 Å². The molecule has 0 aliphatic rings. The summed E-state index contributed by atoms with van der Waals surface area (Å²) in [7, 11) is 0. The molecule has 0 fully saturated rings. The number of nitrogens with two attached hydrogens (primary N) is 1. The first kappa shape index (κ1) is 12.3. The molecule has 0 amide bonds. The van der Waals surface area contributed by atoms with Gasteiger partial charge < -0.3 is 10.2 Å². The van der Waals surface area contributed by atoms with Crippen molar-refractivity contribution in [3.8, 4) is 0 Å². The second-order valence-electron chi connectivity index (χ2n) is 3.85. The Hall–Kier alpha value is -1.14. The second-order valence-corrected chi connectivity index (χ2v) is 4.63. The molecule has 2 aromatic heterocycles. The fraction of sp³-hybridized carbons (Fsp3) is 0.455. The summed E-state index contributed by atoms with van der Waals surface area (Å²) < 4.78 is 8.01. The Morgan fingerprint density at radius 1 is 1.53 bits per heavy atom. The zero-order valence-corrected chi connectivity index (χ0v) is 11.2. The average Bonchev–Trinajstić information content (AvgIpc) is 2.89. The van der Waals surface area contributed by atoms with E-state index in [1.165, 1.54) is 0 Å². The lowest BCUT2D eigenvalue weighted by Crippen LogP contribution is -2.16. The van der Waals surface area contributed by atoms with Crippen LogP contribution in [0.25, 0.3) is 0 Å². The third kappa shape index (κ3) is 2.95. The minimum Gasteiger partial charge on any atom is -0.453 e. The Balaban J connectivity index is 2.07. The number of aryl methyl sites for hydroxylation is 1. The standard InChI is InChI=1S/C11H15BrN4O/c1-2-5-16-11(14-7-15-16)6-8(13)9-3-4-10(12)17-9/h3-4,7-8H,2,5-6,13H2,1H3. The van der Waals surface area contributed by atoms with E-state index in [2.05, 4.69) is 32.9 Å². The molecule has 0 saturated carbocycles. The highest BCUT2D eigenvalue weighted by atomic mass is 79.9. The normalized spacial score (nSPS) is 12.9. The van der Waals surface area contributed by atoms with Crippen molar-refractivity contribution in [3.05, 3.63) is 34.7 Å². The molecular formula is C11H15BrN4O. The summed E-state index contributed by atoms with van der Waals surface area (Å²) >= 11 is 3.26. The maximum atomic E-state index is 6.07. The Morgan fingerprint density at radius 3 is 3.00 bits per heavy atom. The molecule has 0 aliphatic carbocycles. The molecule has 5 nitrogen and oxygen atoms in total. The van der Waals surface area contributed by atoms with E-state index in [-0.39, 0.29) is 6.04 Å². The summed E-state index contributed by atoms with van der Waals surface area (Å²) in [6.45, 7) is 2.97. The molecule has 0 spiro atoms. The van der Waals surface area contributed by atoms with Gasteiger partial charge in [0.05, 0.1) is 6.04 Å². The zero-order chi connectivity index (χ0) is 12.3. The summed E-state index contributed by atoms with van der Waals surface area (Å²) in [5, 5.41) is 4.17. The van der Waals surface area contributed by atoms with E-state index in [1.54, 1.807) is 6.33 Å². The van der Waals surface area contributed by atoms with Crippen LogP contribution in [-0.4, -0.2) is 14.8 Å². The van der Waals surface area contributed by atoms with Crippen molar-refractivity contribution < 1.29 is 4.42 Å². The van der Waals surface area contributed by atoms with Gasteiger partial charge in [-0.05, 0) is 34.5 Å². The molecular weight excluding hydrogens is 284 g/mol. The molecule has 2 N–H and O–H groups in total. The fourth-order valence-electron chi connectivity index (χ4n) is 1.67. The molecule has 17 heavy (non-hydrogen) atoms. The molecule has 0 bridgehead atoms. The van der Waals surface area contributed by atoms with Gasteiger partial charge in [-0.1, -0.05) is 6.92 Å². The first-order chi connectivity index (χ1) is 8.20. The highest BCUT2D eigenvalue weighted by molar-refractivity contribution is 9.10. The van der Waals surface area contributed by atoms with Gasteiger partial charge in [-0.15, -0.1) is 0 Å². The molecule has 2 aromatic rings. The first-order valence-electron chi connectivity index (χ1n) is 5.58. The Labute approximate surface area is 108 Å². The van der Waals surface area contributed by atoms with Gasteiger partial charge in [0.25, 0.3) is 0 Å². The van der Waals surface area contributed by atoms with E-state index in [1.807, 2.05) is 16.8 Å². The third-order valence-corrected chi connectivity index (χ3v) is 2.92. The second kappa shape index (κ2) is 5.46. The van der Waals surface area contributed by atoms with Crippen LogP contribution in [0.3, 0.4) is 0 Å². The summed E-state index contributed by atoms with van der Waals surface area (Å²) in [5.41, 5.74) is 6.07. The van der Waals surface area contributed by atoms with Crippen molar-refractivity contribution in [1.29, 1.82) is 0 Å². The highest BCUT2D eigenvalue weighted by Crippen LogP contribution is 2.21. The topological polar surface area (TPSA) is 69.9 Å². The van der Waals surface area contributed by atoms with E-state index in [0.717, 1.165) is 24.6 Å². The van der Waals surface area contributed by atoms with Crippen LogP contribution in [0.1, 0.15) is 31.0 Å². The number of hydrogen-bond acceptors (Lipinski definition) is 4. The van der Waals surface area contributed by atoms with Crippen LogP contribution >= 0.6 is 15.9 Å². The average molecular weight is 299 g/mol. The van der Waals surface area contributed by atoms with Crippen molar-refractivity contribution >= 4 is 15.9 Å². The summed E-state index contributed by atoms with van der Waals surface area (Å²) in [5.74, 6) is 1.65. The summed E-state index contributed by atoms with van der Waals surface area (Å²) in [6, 6.07) is 3.52. The molecule has 0 radical (unpaired) electrons. The molecule has 0 aromatic carbocycles. The van der Waals surface area contributed by atoms with Crippen LogP contribution < -0.4 is 5.73 Å². The predicted molar refractivity (Wildman–Crippen MR) is 67.4 cm³/mol.